The molecule has 0 spiro atoms. The van der Waals surface area contributed by atoms with Crippen molar-refractivity contribution in [1.82, 2.24) is 19.7 Å². The van der Waals surface area contributed by atoms with Crippen LogP contribution in [0.2, 0.25) is 0 Å². The molecule has 0 unspecified atom stereocenters. The Morgan fingerprint density at radius 1 is 1.29 bits per heavy atom. The molecule has 0 bridgehead atoms. The molecule has 21 heavy (non-hydrogen) atoms. The van der Waals surface area contributed by atoms with Gasteiger partial charge in [-0.25, -0.2) is 0 Å². The van der Waals surface area contributed by atoms with E-state index in [2.05, 4.69) is 10.2 Å². The van der Waals surface area contributed by atoms with Crippen LogP contribution < -0.4 is 5.73 Å². The quantitative estimate of drug-likeness (QED) is 0.821. The van der Waals surface area contributed by atoms with E-state index >= 15 is 0 Å². The molecular formula is C11H14F3N5OS. The molecule has 1 amide bonds. The number of carbonyl (C=O) groups is 1. The third kappa shape index (κ3) is 2.71. The van der Waals surface area contributed by atoms with Crippen molar-refractivity contribution in [1.29, 1.82) is 0 Å². The van der Waals surface area contributed by atoms with Crippen molar-refractivity contribution < 1.29 is 18.0 Å². The van der Waals surface area contributed by atoms with Gasteiger partial charge in [-0.3, -0.25) is 4.79 Å². The first-order chi connectivity index (χ1) is 9.55. The van der Waals surface area contributed by atoms with Crippen LogP contribution in [0.25, 0.3) is 0 Å². The number of aromatic nitrogens is 3. The van der Waals surface area contributed by atoms with Crippen LogP contribution in [-0.2, 0) is 24.1 Å². The van der Waals surface area contributed by atoms with E-state index in [0.29, 0.717) is 0 Å². The average molecular weight is 321 g/mol. The summed E-state index contributed by atoms with van der Waals surface area (Å²) >= 11 is 4.86. The van der Waals surface area contributed by atoms with E-state index < -0.39 is 17.4 Å². The van der Waals surface area contributed by atoms with Gasteiger partial charge in [0.05, 0.1) is 16.9 Å². The molecule has 0 fully saturated rings. The molecule has 116 valence electrons. The summed E-state index contributed by atoms with van der Waals surface area (Å²) in [6.45, 7) is 3.22. The third-order valence-electron chi connectivity index (χ3n) is 3.44. The van der Waals surface area contributed by atoms with Crippen molar-refractivity contribution in [2.75, 3.05) is 6.54 Å². The number of carbonyl (C=O) groups excluding carboxylic acids is 1. The van der Waals surface area contributed by atoms with E-state index in [0.717, 1.165) is 4.57 Å². The van der Waals surface area contributed by atoms with Crippen molar-refractivity contribution in [3.8, 4) is 0 Å². The minimum absolute atomic E-state index is 0.0175. The Morgan fingerprint density at radius 3 is 2.43 bits per heavy atom. The van der Waals surface area contributed by atoms with Crippen molar-refractivity contribution in [2.24, 2.45) is 11.1 Å². The monoisotopic (exact) mass is 321 g/mol. The number of fused-ring (bicyclic) bond motifs is 1. The normalized spacial score (nSPS) is 15.8. The number of nitrogens with two attached hydrogens (primary N) is 1. The van der Waals surface area contributed by atoms with Crippen molar-refractivity contribution in [3.63, 3.8) is 0 Å². The Hall–Kier alpha value is -1.71. The molecule has 2 rings (SSSR count). The third-order valence-corrected chi connectivity index (χ3v) is 3.95. The molecule has 1 aromatic rings. The standard InChI is InChI=1S/C11H14F3N5OS/c1-10(2,7(15)21)9(20)18-3-4-19-6(5-18)16-17-8(19)11(12,13)14/h3-5H2,1-2H3,(H2,15,21). The summed E-state index contributed by atoms with van der Waals surface area (Å²) in [5, 5.41) is 6.68. The Balaban J connectivity index is 2.24. The molecule has 1 aliphatic rings. The molecule has 2 N–H and O–H groups in total. The lowest BCUT2D eigenvalue weighted by atomic mass is 9.91. The molecule has 10 heteroatoms. The van der Waals surface area contributed by atoms with Gasteiger partial charge in [-0.1, -0.05) is 12.2 Å². The van der Waals surface area contributed by atoms with Gasteiger partial charge >= 0.3 is 6.18 Å². The van der Waals surface area contributed by atoms with Gasteiger partial charge in [0.1, 0.15) is 0 Å². The maximum Gasteiger partial charge on any atom is 0.451 e. The van der Waals surface area contributed by atoms with Gasteiger partial charge in [0.15, 0.2) is 5.82 Å². The summed E-state index contributed by atoms with van der Waals surface area (Å²) in [5.41, 5.74) is 4.48. The maximum atomic E-state index is 12.7. The fraction of sp³-hybridized carbons (Fsp3) is 0.636. The van der Waals surface area contributed by atoms with E-state index in [9.17, 15) is 18.0 Å². The van der Waals surface area contributed by atoms with Gasteiger partial charge < -0.3 is 15.2 Å². The van der Waals surface area contributed by atoms with Crippen molar-refractivity contribution in [3.05, 3.63) is 11.6 Å². The van der Waals surface area contributed by atoms with Gasteiger partial charge in [-0.05, 0) is 13.8 Å². The Bertz CT molecular complexity index is 595. The number of hydrogen-bond acceptors (Lipinski definition) is 4. The molecule has 0 radical (unpaired) electrons. The second-order valence-corrected chi connectivity index (χ2v) is 5.75. The topological polar surface area (TPSA) is 77.0 Å². The summed E-state index contributed by atoms with van der Waals surface area (Å²) in [7, 11) is 0. The lowest BCUT2D eigenvalue weighted by molar-refractivity contribution is -0.148. The molecule has 0 atom stereocenters. The van der Waals surface area contributed by atoms with Gasteiger partial charge in [-0.2, -0.15) is 13.2 Å². The Kier molecular flexibility index (Phi) is 3.68. The van der Waals surface area contributed by atoms with Gasteiger partial charge in [0.25, 0.3) is 0 Å². The van der Waals surface area contributed by atoms with Crippen LogP contribution in [0.4, 0.5) is 13.2 Å². The zero-order valence-electron chi connectivity index (χ0n) is 11.4. The molecule has 0 aliphatic carbocycles. The fourth-order valence-corrected chi connectivity index (χ4v) is 2.13. The lowest BCUT2D eigenvalue weighted by Gasteiger charge is -2.34. The van der Waals surface area contributed by atoms with Crippen molar-refractivity contribution in [2.45, 2.75) is 33.1 Å². The highest BCUT2D eigenvalue weighted by Crippen LogP contribution is 2.30. The van der Waals surface area contributed by atoms with Gasteiger partial charge in [-0.15, -0.1) is 10.2 Å². The lowest BCUT2D eigenvalue weighted by Crippen LogP contribution is -2.49. The van der Waals surface area contributed by atoms with Crippen LogP contribution in [0.1, 0.15) is 25.5 Å². The number of nitrogens with zero attached hydrogens (tertiary/aromatic N) is 4. The second kappa shape index (κ2) is 4.93. The van der Waals surface area contributed by atoms with E-state index in [-0.39, 0.29) is 36.4 Å². The minimum Gasteiger partial charge on any atom is -0.392 e. The first-order valence-electron chi connectivity index (χ1n) is 6.13. The molecule has 1 aliphatic heterocycles. The predicted molar refractivity (Wildman–Crippen MR) is 71.0 cm³/mol. The first kappa shape index (κ1) is 15.7. The zero-order valence-corrected chi connectivity index (χ0v) is 12.3. The predicted octanol–water partition coefficient (Wildman–Crippen LogP) is 0.951. The van der Waals surface area contributed by atoms with Gasteiger partial charge in [0, 0.05) is 13.1 Å². The van der Waals surface area contributed by atoms with Crippen molar-refractivity contribution >= 4 is 23.1 Å². The summed E-state index contributed by atoms with van der Waals surface area (Å²) in [6, 6.07) is 0. The van der Waals surface area contributed by atoms with Gasteiger partial charge in [0.2, 0.25) is 11.7 Å². The molecule has 1 aromatic heterocycles. The summed E-state index contributed by atoms with van der Waals surface area (Å²) in [4.78, 5) is 13.8. The fourth-order valence-electron chi connectivity index (χ4n) is 2.04. The number of alkyl halides is 3. The summed E-state index contributed by atoms with van der Waals surface area (Å²) < 4.78 is 39.2. The molecule has 6 nitrogen and oxygen atoms in total. The van der Waals surface area contributed by atoms with E-state index in [1.165, 1.54) is 4.90 Å². The smallest absolute Gasteiger partial charge is 0.392 e. The molecule has 0 saturated heterocycles. The summed E-state index contributed by atoms with van der Waals surface area (Å²) in [5.74, 6) is -1.28. The highest BCUT2D eigenvalue weighted by atomic mass is 32.1. The Morgan fingerprint density at radius 2 is 1.90 bits per heavy atom. The zero-order chi connectivity index (χ0) is 16.0. The average Bonchev–Trinajstić information content (AvgIpc) is 2.79. The number of rotatable bonds is 2. The van der Waals surface area contributed by atoms with Crippen LogP contribution in [0, 0.1) is 5.41 Å². The largest absolute Gasteiger partial charge is 0.451 e. The van der Waals surface area contributed by atoms with Crippen LogP contribution in [0.15, 0.2) is 0 Å². The number of hydrogen-bond donors (Lipinski definition) is 1. The minimum atomic E-state index is -4.56. The first-order valence-corrected chi connectivity index (χ1v) is 6.54. The second-order valence-electron chi connectivity index (χ2n) is 5.31. The number of thiocarbonyl (C=S) groups is 1. The van der Waals surface area contributed by atoms with Crippen LogP contribution in [0.5, 0.6) is 0 Å². The van der Waals surface area contributed by atoms with Crippen LogP contribution in [0.3, 0.4) is 0 Å². The SMILES string of the molecule is CC(C)(C(=O)N1CCn2c(nnc2C(F)(F)F)C1)C(N)=S. The van der Waals surface area contributed by atoms with Crippen LogP contribution in [-0.4, -0.2) is 37.1 Å². The maximum absolute atomic E-state index is 12.7. The highest BCUT2D eigenvalue weighted by molar-refractivity contribution is 7.80. The molecule has 2 heterocycles. The van der Waals surface area contributed by atoms with E-state index in [1.807, 2.05) is 0 Å². The molecule has 0 saturated carbocycles. The number of halogens is 3. The van der Waals surface area contributed by atoms with Crippen LogP contribution >= 0.6 is 12.2 Å². The highest BCUT2D eigenvalue weighted by Gasteiger charge is 2.41. The number of amides is 1. The Labute approximate surface area is 124 Å². The summed E-state index contributed by atoms with van der Waals surface area (Å²) in [6.07, 6.45) is -4.56. The van der Waals surface area contributed by atoms with E-state index in [4.69, 9.17) is 18.0 Å². The van der Waals surface area contributed by atoms with E-state index in [1.54, 1.807) is 13.8 Å². The molecule has 0 aromatic carbocycles. The molecular weight excluding hydrogens is 307 g/mol.